The van der Waals surface area contributed by atoms with Crippen molar-refractivity contribution < 1.29 is 9.53 Å². The Hall–Kier alpha value is -3.16. The third kappa shape index (κ3) is 3.05. The van der Waals surface area contributed by atoms with Gasteiger partial charge in [-0.05, 0) is 31.0 Å². The van der Waals surface area contributed by atoms with Gasteiger partial charge in [0.05, 0.1) is 25.0 Å². The Morgan fingerprint density at radius 2 is 2.08 bits per heavy atom. The molecule has 0 aliphatic carbocycles. The minimum atomic E-state index is -0.0318. The summed E-state index contributed by atoms with van der Waals surface area (Å²) in [6.07, 6.45) is 5.28. The van der Waals surface area contributed by atoms with Gasteiger partial charge in [0.15, 0.2) is 0 Å². The van der Waals surface area contributed by atoms with Crippen LogP contribution in [0.1, 0.15) is 29.4 Å². The highest BCUT2D eigenvalue weighted by molar-refractivity contribution is 5.93. The number of H-pyrrole nitrogens is 1. The smallest absolute Gasteiger partial charge is 0.271 e. The van der Waals surface area contributed by atoms with Crippen LogP contribution in [0, 0.1) is 0 Å². The number of piperidine rings is 1. The van der Waals surface area contributed by atoms with E-state index in [2.05, 4.69) is 20.5 Å². The van der Waals surface area contributed by atoms with Gasteiger partial charge in [0, 0.05) is 24.8 Å². The molecular weight excluding hydrogens is 332 g/mol. The zero-order chi connectivity index (χ0) is 17.9. The van der Waals surface area contributed by atoms with Gasteiger partial charge in [-0.25, -0.2) is 4.68 Å². The van der Waals surface area contributed by atoms with Crippen LogP contribution < -0.4 is 4.74 Å². The first-order valence-electron chi connectivity index (χ1n) is 8.60. The average Bonchev–Trinajstić information content (AvgIpc) is 3.39. The second-order valence-electron chi connectivity index (χ2n) is 6.27. The zero-order valence-electron chi connectivity index (χ0n) is 14.5. The van der Waals surface area contributed by atoms with Gasteiger partial charge in [-0.15, -0.1) is 5.10 Å². The Balaban J connectivity index is 1.46. The highest BCUT2D eigenvalue weighted by Gasteiger charge is 2.26. The number of rotatable bonds is 4. The normalized spacial score (nSPS) is 15.2. The SMILES string of the molecule is COc1ccccc1-c1cc(C(=O)N2CCC(n3ccnn3)CC2)[nH]n1. The molecule has 1 fully saturated rings. The lowest BCUT2D eigenvalue weighted by Crippen LogP contribution is -2.39. The van der Waals surface area contributed by atoms with Crippen LogP contribution in [0.4, 0.5) is 0 Å². The zero-order valence-corrected chi connectivity index (χ0v) is 14.5. The number of nitrogens with one attached hydrogen (secondary N) is 1. The van der Waals surface area contributed by atoms with Crippen LogP contribution in [-0.4, -0.2) is 56.2 Å². The van der Waals surface area contributed by atoms with E-state index in [1.54, 1.807) is 19.4 Å². The number of nitrogens with zero attached hydrogens (tertiary/aromatic N) is 5. The molecule has 4 rings (SSSR count). The van der Waals surface area contributed by atoms with Gasteiger partial charge in [0.25, 0.3) is 5.91 Å². The monoisotopic (exact) mass is 352 g/mol. The summed E-state index contributed by atoms with van der Waals surface area (Å²) in [5, 5.41) is 15.1. The minimum Gasteiger partial charge on any atom is -0.496 e. The van der Waals surface area contributed by atoms with Crippen LogP contribution in [0.3, 0.4) is 0 Å². The summed E-state index contributed by atoms with van der Waals surface area (Å²) in [4.78, 5) is 14.6. The second kappa shape index (κ2) is 6.99. The summed E-state index contributed by atoms with van der Waals surface area (Å²) in [6, 6.07) is 9.70. The van der Waals surface area contributed by atoms with E-state index in [1.807, 2.05) is 40.0 Å². The van der Waals surface area contributed by atoms with Gasteiger partial charge in [-0.1, -0.05) is 17.3 Å². The number of amides is 1. The molecule has 0 unspecified atom stereocenters. The van der Waals surface area contributed by atoms with Crippen molar-refractivity contribution in [1.29, 1.82) is 0 Å². The van der Waals surface area contributed by atoms with Crippen LogP contribution >= 0.6 is 0 Å². The largest absolute Gasteiger partial charge is 0.496 e. The molecule has 1 saturated heterocycles. The van der Waals surface area contributed by atoms with E-state index in [-0.39, 0.29) is 5.91 Å². The van der Waals surface area contributed by atoms with E-state index in [0.717, 1.165) is 24.2 Å². The van der Waals surface area contributed by atoms with Crippen LogP contribution in [0.15, 0.2) is 42.7 Å². The third-order valence-corrected chi connectivity index (χ3v) is 4.76. The molecule has 1 aliphatic heterocycles. The molecule has 3 heterocycles. The summed E-state index contributed by atoms with van der Waals surface area (Å²) >= 11 is 0. The molecule has 1 N–H and O–H groups in total. The van der Waals surface area contributed by atoms with Gasteiger partial charge >= 0.3 is 0 Å². The van der Waals surface area contributed by atoms with Gasteiger partial charge < -0.3 is 9.64 Å². The molecule has 134 valence electrons. The lowest BCUT2D eigenvalue weighted by Gasteiger charge is -2.31. The number of carbonyl (C=O) groups is 1. The predicted octanol–water partition coefficient (Wildman–Crippen LogP) is 2.15. The Morgan fingerprint density at radius 1 is 1.27 bits per heavy atom. The predicted molar refractivity (Wildman–Crippen MR) is 94.8 cm³/mol. The molecule has 0 atom stereocenters. The van der Waals surface area contributed by atoms with Crippen molar-refractivity contribution in [1.82, 2.24) is 30.1 Å². The number of likely N-dealkylation sites (tertiary alicyclic amines) is 1. The number of hydrogen-bond acceptors (Lipinski definition) is 5. The topological polar surface area (TPSA) is 88.9 Å². The number of aromatic amines is 1. The molecular formula is C18H20N6O2. The summed E-state index contributed by atoms with van der Waals surface area (Å²) in [7, 11) is 1.62. The maximum atomic E-state index is 12.8. The molecule has 3 aromatic rings. The van der Waals surface area contributed by atoms with Crippen LogP contribution in [0.5, 0.6) is 5.75 Å². The quantitative estimate of drug-likeness (QED) is 0.777. The van der Waals surface area contributed by atoms with Crippen LogP contribution in [0.25, 0.3) is 11.3 Å². The number of para-hydroxylation sites is 1. The second-order valence-corrected chi connectivity index (χ2v) is 6.27. The number of carbonyl (C=O) groups excluding carboxylic acids is 1. The van der Waals surface area contributed by atoms with E-state index in [1.165, 1.54) is 0 Å². The Kier molecular flexibility index (Phi) is 4.39. The van der Waals surface area contributed by atoms with Crippen molar-refractivity contribution in [3.05, 3.63) is 48.4 Å². The molecule has 1 aromatic carbocycles. The molecule has 0 spiro atoms. The lowest BCUT2D eigenvalue weighted by atomic mass is 10.0. The maximum Gasteiger partial charge on any atom is 0.271 e. The summed E-state index contributed by atoms with van der Waals surface area (Å²) < 4.78 is 7.24. The standard InChI is InChI=1S/C18H20N6O2/c1-26-17-5-3-2-4-14(17)15-12-16(21-20-15)18(25)23-9-6-13(7-10-23)24-11-8-19-22-24/h2-5,8,11-13H,6-7,9-10H2,1H3,(H,20,21). The van der Waals surface area contributed by atoms with Gasteiger partial charge in [0.2, 0.25) is 0 Å². The molecule has 2 aromatic heterocycles. The van der Waals surface area contributed by atoms with E-state index < -0.39 is 0 Å². The number of hydrogen-bond donors (Lipinski definition) is 1. The fourth-order valence-corrected chi connectivity index (χ4v) is 3.34. The first-order chi connectivity index (χ1) is 12.8. The summed E-state index contributed by atoms with van der Waals surface area (Å²) in [5.74, 6) is 0.697. The Bertz CT molecular complexity index is 881. The number of ether oxygens (including phenoxy) is 1. The molecule has 8 heteroatoms. The minimum absolute atomic E-state index is 0.0318. The van der Waals surface area contributed by atoms with Gasteiger partial charge in [-0.2, -0.15) is 5.10 Å². The lowest BCUT2D eigenvalue weighted by molar-refractivity contribution is 0.0683. The molecule has 0 bridgehead atoms. The van der Waals surface area contributed by atoms with Crippen LogP contribution in [-0.2, 0) is 0 Å². The van der Waals surface area contributed by atoms with Crippen molar-refractivity contribution in [3.63, 3.8) is 0 Å². The molecule has 1 amide bonds. The Morgan fingerprint density at radius 3 is 2.81 bits per heavy atom. The van der Waals surface area contributed by atoms with E-state index in [4.69, 9.17) is 4.74 Å². The van der Waals surface area contributed by atoms with E-state index in [0.29, 0.717) is 30.5 Å². The highest BCUT2D eigenvalue weighted by atomic mass is 16.5. The average molecular weight is 352 g/mol. The highest BCUT2D eigenvalue weighted by Crippen LogP contribution is 2.29. The van der Waals surface area contributed by atoms with Gasteiger partial charge in [0.1, 0.15) is 11.4 Å². The molecule has 8 nitrogen and oxygen atoms in total. The summed E-state index contributed by atoms with van der Waals surface area (Å²) in [5.41, 5.74) is 2.05. The first-order valence-corrected chi connectivity index (χ1v) is 8.60. The molecule has 0 radical (unpaired) electrons. The fraction of sp³-hybridized carbons (Fsp3) is 0.333. The van der Waals surface area contributed by atoms with Crippen molar-refractivity contribution in [2.24, 2.45) is 0 Å². The van der Waals surface area contributed by atoms with Crippen LogP contribution in [0.2, 0.25) is 0 Å². The molecule has 26 heavy (non-hydrogen) atoms. The van der Waals surface area contributed by atoms with Crippen molar-refractivity contribution in [2.45, 2.75) is 18.9 Å². The fourth-order valence-electron chi connectivity index (χ4n) is 3.34. The van der Waals surface area contributed by atoms with Crippen molar-refractivity contribution >= 4 is 5.91 Å². The maximum absolute atomic E-state index is 12.8. The summed E-state index contributed by atoms with van der Waals surface area (Å²) in [6.45, 7) is 1.37. The first kappa shape index (κ1) is 16.3. The van der Waals surface area contributed by atoms with Gasteiger partial charge in [-0.3, -0.25) is 9.89 Å². The molecule has 1 aliphatic rings. The van der Waals surface area contributed by atoms with E-state index >= 15 is 0 Å². The number of aromatic nitrogens is 5. The number of methoxy groups -OCH3 is 1. The molecule has 0 saturated carbocycles. The van der Waals surface area contributed by atoms with E-state index in [9.17, 15) is 4.79 Å². The van der Waals surface area contributed by atoms with Crippen molar-refractivity contribution in [2.75, 3.05) is 20.2 Å². The Labute approximate surface area is 150 Å². The van der Waals surface area contributed by atoms with Crippen molar-refractivity contribution in [3.8, 4) is 17.0 Å². The third-order valence-electron chi connectivity index (χ3n) is 4.76. The number of benzene rings is 1.